The van der Waals surface area contributed by atoms with Crippen molar-refractivity contribution >= 4 is 17.5 Å². The van der Waals surface area contributed by atoms with Gasteiger partial charge in [0.1, 0.15) is 5.69 Å². The van der Waals surface area contributed by atoms with E-state index in [1.54, 1.807) is 24.3 Å². The van der Waals surface area contributed by atoms with Crippen LogP contribution >= 0.6 is 0 Å². The number of para-hydroxylation sites is 1. The Morgan fingerprint density at radius 3 is 2.77 bits per heavy atom. The molecule has 1 aromatic heterocycles. The molecule has 136 valence electrons. The molecule has 1 fully saturated rings. The van der Waals surface area contributed by atoms with Gasteiger partial charge in [-0.05, 0) is 31.0 Å². The summed E-state index contributed by atoms with van der Waals surface area (Å²) in [5.41, 5.74) is 0.499. The normalized spacial score (nSPS) is 16.3. The van der Waals surface area contributed by atoms with Crippen molar-refractivity contribution in [1.29, 1.82) is 0 Å². The molecule has 8 nitrogen and oxygen atoms in total. The van der Waals surface area contributed by atoms with Gasteiger partial charge in [-0.15, -0.1) is 0 Å². The lowest BCUT2D eigenvalue weighted by Crippen LogP contribution is -2.32. The Hall–Kier alpha value is -3.00. The van der Waals surface area contributed by atoms with Crippen molar-refractivity contribution in [3.05, 3.63) is 58.0 Å². The standard InChI is InChI=1S/C18H20N4O4/c1-22-16(23)9-8-15(21-22)18(25)20-14-7-3-2-6-13(14)17(24)19-11-12-5-4-10-26-12/h2-3,6-9,12H,4-5,10-11H2,1H3,(H,19,24)(H,20,25)/t12-/m1/s1. The molecule has 0 saturated carbocycles. The van der Waals surface area contributed by atoms with Crippen LogP contribution in [0.4, 0.5) is 5.69 Å². The molecule has 2 aromatic rings. The number of carbonyl (C=O) groups is 2. The van der Waals surface area contributed by atoms with Crippen LogP contribution in [-0.2, 0) is 11.8 Å². The van der Waals surface area contributed by atoms with Gasteiger partial charge in [0.15, 0.2) is 0 Å². The van der Waals surface area contributed by atoms with Crippen molar-refractivity contribution in [1.82, 2.24) is 15.1 Å². The highest BCUT2D eigenvalue weighted by Crippen LogP contribution is 2.16. The Morgan fingerprint density at radius 1 is 1.23 bits per heavy atom. The van der Waals surface area contributed by atoms with Crippen molar-refractivity contribution < 1.29 is 14.3 Å². The van der Waals surface area contributed by atoms with E-state index in [-0.39, 0.29) is 23.3 Å². The van der Waals surface area contributed by atoms with E-state index in [1.165, 1.54) is 19.2 Å². The molecule has 0 spiro atoms. The van der Waals surface area contributed by atoms with Crippen LogP contribution in [0, 0.1) is 0 Å². The first-order valence-electron chi connectivity index (χ1n) is 8.39. The van der Waals surface area contributed by atoms with Gasteiger partial charge in [0.2, 0.25) is 0 Å². The monoisotopic (exact) mass is 356 g/mol. The second kappa shape index (κ2) is 7.92. The van der Waals surface area contributed by atoms with E-state index in [0.29, 0.717) is 17.8 Å². The Balaban J connectivity index is 1.71. The van der Waals surface area contributed by atoms with Gasteiger partial charge in [0.05, 0.1) is 17.4 Å². The number of nitrogens with one attached hydrogen (secondary N) is 2. The SMILES string of the molecule is Cn1nc(C(=O)Nc2ccccc2C(=O)NC[C@H]2CCCO2)ccc1=O. The van der Waals surface area contributed by atoms with E-state index < -0.39 is 5.91 Å². The second-order valence-corrected chi connectivity index (χ2v) is 6.03. The Kier molecular flexibility index (Phi) is 5.43. The fourth-order valence-corrected chi connectivity index (χ4v) is 2.71. The largest absolute Gasteiger partial charge is 0.376 e. The number of benzene rings is 1. The van der Waals surface area contributed by atoms with E-state index >= 15 is 0 Å². The zero-order chi connectivity index (χ0) is 18.5. The molecule has 1 aromatic carbocycles. The third kappa shape index (κ3) is 4.15. The molecule has 2 N–H and O–H groups in total. The molecule has 0 radical (unpaired) electrons. The lowest BCUT2D eigenvalue weighted by molar-refractivity contribution is 0.0858. The molecular formula is C18H20N4O4. The summed E-state index contributed by atoms with van der Waals surface area (Å²) in [4.78, 5) is 36.2. The second-order valence-electron chi connectivity index (χ2n) is 6.03. The summed E-state index contributed by atoms with van der Waals surface area (Å²) in [6.45, 7) is 1.16. The van der Waals surface area contributed by atoms with E-state index in [0.717, 1.165) is 24.1 Å². The predicted molar refractivity (Wildman–Crippen MR) is 95.2 cm³/mol. The topological polar surface area (TPSA) is 102 Å². The van der Waals surface area contributed by atoms with Crippen LogP contribution in [0.25, 0.3) is 0 Å². The number of amides is 2. The van der Waals surface area contributed by atoms with Crippen molar-refractivity contribution in [3.8, 4) is 0 Å². The summed E-state index contributed by atoms with van der Waals surface area (Å²) in [7, 11) is 1.46. The maximum Gasteiger partial charge on any atom is 0.276 e. The Morgan fingerprint density at radius 2 is 2.04 bits per heavy atom. The number of aromatic nitrogens is 2. The van der Waals surface area contributed by atoms with Crippen LogP contribution in [0.15, 0.2) is 41.2 Å². The summed E-state index contributed by atoms with van der Waals surface area (Å²) in [6, 6.07) is 9.33. The van der Waals surface area contributed by atoms with E-state index in [9.17, 15) is 14.4 Å². The van der Waals surface area contributed by atoms with Gasteiger partial charge in [0, 0.05) is 26.3 Å². The van der Waals surface area contributed by atoms with E-state index in [2.05, 4.69) is 15.7 Å². The number of carbonyl (C=O) groups excluding carboxylic acids is 2. The quantitative estimate of drug-likeness (QED) is 0.830. The number of aryl methyl sites for hydroxylation is 1. The molecule has 2 amide bonds. The van der Waals surface area contributed by atoms with Gasteiger partial charge in [-0.3, -0.25) is 14.4 Å². The highest BCUT2D eigenvalue weighted by molar-refractivity contribution is 6.08. The summed E-state index contributed by atoms with van der Waals surface area (Å²) < 4.78 is 6.57. The molecule has 1 atom stereocenters. The molecule has 0 unspecified atom stereocenters. The van der Waals surface area contributed by atoms with Crippen LogP contribution in [0.2, 0.25) is 0 Å². The first-order chi connectivity index (χ1) is 12.5. The fourth-order valence-electron chi connectivity index (χ4n) is 2.71. The van der Waals surface area contributed by atoms with Gasteiger partial charge in [-0.1, -0.05) is 12.1 Å². The average molecular weight is 356 g/mol. The molecular weight excluding hydrogens is 336 g/mol. The van der Waals surface area contributed by atoms with Crippen LogP contribution in [-0.4, -0.2) is 40.9 Å². The van der Waals surface area contributed by atoms with Gasteiger partial charge < -0.3 is 15.4 Å². The maximum atomic E-state index is 12.5. The lowest BCUT2D eigenvalue weighted by atomic mass is 10.1. The molecule has 1 aliphatic heterocycles. The number of ether oxygens (including phenoxy) is 1. The summed E-state index contributed by atoms with van der Waals surface area (Å²) >= 11 is 0. The smallest absolute Gasteiger partial charge is 0.276 e. The first-order valence-corrected chi connectivity index (χ1v) is 8.39. The average Bonchev–Trinajstić information content (AvgIpc) is 3.16. The third-order valence-corrected chi connectivity index (χ3v) is 4.13. The minimum absolute atomic E-state index is 0.0375. The lowest BCUT2D eigenvalue weighted by Gasteiger charge is -2.13. The molecule has 0 aliphatic carbocycles. The van der Waals surface area contributed by atoms with Gasteiger partial charge in [-0.2, -0.15) is 5.10 Å². The third-order valence-electron chi connectivity index (χ3n) is 4.13. The summed E-state index contributed by atoms with van der Waals surface area (Å²) in [5.74, 6) is -0.787. The molecule has 3 rings (SSSR count). The van der Waals surface area contributed by atoms with Crippen molar-refractivity contribution in [3.63, 3.8) is 0 Å². The van der Waals surface area contributed by atoms with Crippen molar-refractivity contribution in [2.24, 2.45) is 7.05 Å². The minimum Gasteiger partial charge on any atom is -0.376 e. The number of hydrogen-bond donors (Lipinski definition) is 2. The van der Waals surface area contributed by atoms with Crippen LogP contribution in [0.1, 0.15) is 33.7 Å². The number of rotatable bonds is 5. The van der Waals surface area contributed by atoms with Crippen LogP contribution in [0.5, 0.6) is 0 Å². The first kappa shape index (κ1) is 17.8. The van der Waals surface area contributed by atoms with E-state index in [4.69, 9.17) is 4.74 Å². The van der Waals surface area contributed by atoms with Crippen molar-refractivity contribution in [2.45, 2.75) is 18.9 Å². The highest BCUT2D eigenvalue weighted by atomic mass is 16.5. The van der Waals surface area contributed by atoms with Gasteiger partial charge in [0.25, 0.3) is 17.4 Å². The maximum absolute atomic E-state index is 12.5. The molecule has 1 saturated heterocycles. The summed E-state index contributed by atoms with van der Waals surface area (Å²) in [5, 5.41) is 9.42. The number of hydrogen-bond acceptors (Lipinski definition) is 5. The number of nitrogens with zero attached hydrogens (tertiary/aromatic N) is 2. The predicted octanol–water partition coefficient (Wildman–Crippen LogP) is 0.941. The van der Waals surface area contributed by atoms with Gasteiger partial charge in [-0.25, -0.2) is 4.68 Å². The highest BCUT2D eigenvalue weighted by Gasteiger charge is 2.19. The molecule has 26 heavy (non-hydrogen) atoms. The minimum atomic E-state index is -0.500. The zero-order valence-corrected chi connectivity index (χ0v) is 14.4. The fraction of sp³-hybridized carbons (Fsp3) is 0.333. The molecule has 0 bridgehead atoms. The molecule has 8 heteroatoms. The molecule has 2 heterocycles. The number of anilines is 1. The molecule has 1 aliphatic rings. The summed E-state index contributed by atoms with van der Waals surface area (Å²) in [6.07, 6.45) is 1.96. The van der Waals surface area contributed by atoms with Gasteiger partial charge >= 0.3 is 0 Å². The van der Waals surface area contributed by atoms with Crippen LogP contribution < -0.4 is 16.2 Å². The van der Waals surface area contributed by atoms with Crippen LogP contribution in [0.3, 0.4) is 0 Å². The van der Waals surface area contributed by atoms with Crippen molar-refractivity contribution in [2.75, 3.05) is 18.5 Å². The van der Waals surface area contributed by atoms with E-state index in [1.807, 2.05) is 0 Å². The Bertz CT molecular complexity index is 871. The zero-order valence-electron chi connectivity index (χ0n) is 14.4. The Labute approximate surface area is 150 Å².